The largest absolute Gasteiger partial charge is 0.361 e. The lowest BCUT2D eigenvalue weighted by atomic mass is 9.93. The van der Waals surface area contributed by atoms with Crippen LogP contribution in [0.3, 0.4) is 0 Å². The van der Waals surface area contributed by atoms with Gasteiger partial charge in [0.05, 0.1) is 12.6 Å². The topological polar surface area (TPSA) is 166 Å². The molecule has 11 heteroatoms. The molecule has 1 fully saturated rings. The number of hydrogen-bond acceptors (Lipinski definition) is 6. The number of Topliss-reactive ketones (excluding diaryl/α,β-unsaturated/α-hetero) is 1. The van der Waals surface area contributed by atoms with E-state index in [1.165, 1.54) is 0 Å². The van der Waals surface area contributed by atoms with Crippen molar-refractivity contribution in [1.29, 1.82) is 0 Å². The van der Waals surface area contributed by atoms with Crippen molar-refractivity contribution in [2.75, 3.05) is 6.61 Å². The van der Waals surface area contributed by atoms with Crippen molar-refractivity contribution in [2.45, 2.75) is 76.2 Å². The predicted octanol–water partition coefficient (Wildman–Crippen LogP) is 5.92. The number of epoxide rings is 1. The third-order valence-electron chi connectivity index (χ3n) is 9.25. The smallest absolute Gasteiger partial charge is 0.243 e. The molecule has 0 radical (unpaired) electrons. The first-order valence-corrected chi connectivity index (χ1v) is 17.9. The second-order valence-electron chi connectivity index (χ2n) is 14.1. The summed E-state index contributed by atoms with van der Waals surface area (Å²) in [5.41, 5.74) is 12.7. The van der Waals surface area contributed by atoms with E-state index in [1.807, 2.05) is 129 Å². The molecule has 0 aliphatic carbocycles. The Morgan fingerprint density at radius 3 is 1.58 bits per heavy atom. The highest BCUT2D eigenvalue weighted by Crippen LogP contribution is 2.30. The quantitative estimate of drug-likeness (QED) is 0.0503. The fraction of sp³-hybridized carbons (Fsp3) is 0.333. The molecule has 3 N–H and O–H groups in total. The number of nitrogens with one attached hydrogen (secondary N) is 3. The van der Waals surface area contributed by atoms with Crippen molar-refractivity contribution < 1.29 is 23.9 Å². The summed E-state index contributed by atoms with van der Waals surface area (Å²) in [6.45, 7) is 5.92. The Kier molecular flexibility index (Phi) is 13.2. The van der Waals surface area contributed by atoms with E-state index in [9.17, 15) is 24.7 Å². The number of ketones is 1. The molecular weight excluding hydrogens is 668 g/mol. The number of benzene rings is 4. The second kappa shape index (κ2) is 18.1. The summed E-state index contributed by atoms with van der Waals surface area (Å²) < 4.78 is 5.41. The standard InChI is InChI=1S/C42H46N6O5/c1-28(2)23-34(38(49)42(3)27-53-42)44-39(50)35(24-29-13-7-4-8-14-29)45-40(51)36(25-31-19-21-33(22-20-31)32-17-11-6-12-18-32)46-41(52)37(47-48-43)26-30-15-9-5-10-16-30/h4-22,28,34-37H,23-27H2,1-3H3,(H,44,50)(H,45,51)(H,46,52)/t34-,35-,36-,37?,42+/m0/s1. The van der Waals surface area contributed by atoms with Gasteiger partial charge in [-0.15, -0.1) is 0 Å². The third kappa shape index (κ3) is 11.1. The van der Waals surface area contributed by atoms with E-state index >= 15 is 0 Å². The first-order valence-electron chi connectivity index (χ1n) is 17.9. The van der Waals surface area contributed by atoms with Gasteiger partial charge in [0, 0.05) is 17.8 Å². The van der Waals surface area contributed by atoms with Crippen LogP contribution in [0.5, 0.6) is 0 Å². The van der Waals surface area contributed by atoms with Crippen LogP contribution in [0.15, 0.2) is 120 Å². The van der Waals surface area contributed by atoms with Crippen molar-refractivity contribution >= 4 is 23.5 Å². The van der Waals surface area contributed by atoms with Gasteiger partial charge in [0.15, 0.2) is 5.78 Å². The monoisotopic (exact) mass is 714 g/mol. The molecule has 5 rings (SSSR count). The van der Waals surface area contributed by atoms with Gasteiger partial charge in [-0.3, -0.25) is 19.2 Å². The first kappa shape index (κ1) is 38.5. The van der Waals surface area contributed by atoms with Gasteiger partial charge >= 0.3 is 0 Å². The summed E-state index contributed by atoms with van der Waals surface area (Å²) in [7, 11) is 0. The van der Waals surface area contributed by atoms with Gasteiger partial charge in [-0.25, -0.2) is 0 Å². The molecule has 3 amide bonds. The zero-order chi connectivity index (χ0) is 37.8. The molecule has 274 valence electrons. The van der Waals surface area contributed by atoms with Crippen molar-refractivity contribution in [3.63, 3.8) is 0 Å². The number of hydrogen-bond donors (Lipinski definition) is 3. The molecule has 1 aliphatic heterocycles. The molecule has 5 atom stereocenters. The molecule has 0 bridgehead atoms. The van der Waals surface area contributed by atoms with Crippen LogP contribution in [0.2, 0.25) is 0 Å². The van der Waals surface area contributed by atoms with Crippen LogP contribution >= 0.6 is 0 Å². The summed E-state index contributed by atoms with van der Waals surface area (Å²) in [5.74, 6) is -1.88. The van der Waals surface area contributed by atoms with Gasteiger partial charge < -0.3 is 20.7 Å². The van der Waals surface area contributed by atoms with Crippen molar-refractivity contribution in [1.82, 2.24) is 16.0 Å². The minimum Gasteiger partial charge on any atom is -0.361 e. The van der Waals surface area contributed by atoms with E-state index in [0.717, 1.165) is 27.8 Å². The van der Waals surface area contributed by atoms with Gasteiger partial charge in [0.2, 0.25) is 17.7 Å². The fourth-order valence-electron chi connectivity index (χ4n) is 6.19. The summed E-state index contributed by atoms with van der Waals surface area (Å²) in [6.07, 6.45) is 0.751. The van der Waals surface area contributed by atoms with E-state index in [1.54, 1.807) is 6.92 Å². The average molecular weight is 715 g/mol. The zero-order valence-electron chi connectivity index (χ0n) is 30.3. The number of carbonyl (C=O) groups excluding carboxylic acids is 4. The van der Waals surface area contributed by atoms with Gasteiger partial charge in [-0.1, -0.05) is 134 Å². The highest BCUT2D eigenvalue weighted by Gasteiger charge is 2.50. The van der Waals surface area contributed by atoms with E-state index in [4.69, 9.17) is 4.74 Å². The van der Waals surface area contributed by atoms with Gasteiger partial charge in [0.25, 0.3) is 0 Å². The number of amides is 3. The average Bonchev–Trinajstić information content (AvgIpc) is 3.92. The Morgan fingerprint density at radius 2 is 1.09 bits per heavy atom. The molecule has 4 aromatic rings. The van der Waals surface area contributed by atoms with Crippen LogP contribution in [0.4, 0.5) is 0 Å². The van der Waals surface area contributed by atoms with Crippen molar-refractivity contribution in [3.05, 3.63) is 142 Å². The van der Waals surface area contributed by atoms with Crippen LogP contribution in [0.25, 0.3) is 21.6 Å². The number of rotatable bonds is 18. The fourth-order valence-corrected chi connectivity index (χ4v) is 6.19. The molecule has 0 aromatic heterocycles. The lowest BCUT2D eigenvalue weighted by molar-refractivity contribution is -0.134. The molecule has 1 unspecified atom stereocenters. The Hall–Kier alpha value is -5.77. The Labute approximate surface area is 310 Å². The highest BCUT2D eigenvalue weighted by atomic mass is 16.6. The van der Waals surface area contributed by atoms with Crippen LogP contribution < -0.4 is 16.0 Å². The molecule has 1 heterocycles. The normalized spacial score (nSPS) is 17.0. The summed E-state index contributed by atoms with van der Waals surface area (Å²) >= 11 is 0. The minimum absolute atomic E-state index is 0.0881. The first-order chi connectivity index (χ1) is 25.5. The SMILES string of the molecule is CC(C)C[C@H](NC(=O)[C@H](Cc1ccccc1)NC(=O)[C@H](Cc1ccc(-c2ccccc2)cc1)NC(=O)C(Cc1ccccc1)N=[N+]=[N-])C(=O)[C@@]1(C)CO1. The van der Waals surface area contributed by atoms with Crippen LogP contribution in [-0.4, -0.2) is 59.9 Å². The maximum absolute atomic E-state index is 14.3. The van der Waals surface area contributed by atoms with Gasteiger partial charge in [-0.05, 0) is 59.0 Å². The maximum atomic E-state index is 14.3. The molecule has 53 heavy (non-hydrogen) atoms. The molecule has 1 saturated heterocycles. The predicted molar refractivity (Wildman–Crippen MR) is 203 cm³/mol. The molecule has 1 aliphatic rings. The van der Waals surface area contributed by atoms with Crippen molar-refractivity contribution in [3.8, 4) is 11.1 Å². The third-order valence-corrected chi connectivity index (χ3v) is 9.25. The van der Waals surface area contributed by atoms with Crippen LogP contribution in [-0.2, 0) is 43.2 Å². The Balaban J connectivity index is 1.41. The highest BCUT2D eigenvalue weighted by molar-refractivity contribution is 5.98. The number of azide groups is 1. The summed E-state index contributed by atoms with van der Waals surface area (Å²) in [6, 6.07) is 31.7. The minimum atomic E-state index is -1.14. The molecule has 0 spiro atoms. The van der Waals surface area contributed by atoms with E-state index < -0.39 is 47.5 Å². The van der Waals surface area contributed by atoms with Gasteiger partial charge in [-0.2, -0.15) is 0 Å². The Morgan fingerprint density at radius 1 is 0.660 bits per heavy atom. The van der Waals surface area contributed by atoms with E-state index in [-0.39, 0.29) is 37.6 Å². The van der Waals surface area contributed by atoms with Crippen LogP contribution in [0, 0.1) is 5.92 Å². The molecule has 11 nitrogen and oxygen atoms in total. The maximum Gasteiger partial charge on any atom is 0.243 e. The molecule has 0 saturated carbocycles. The van der Waals surface area contributed by atoms with Gasteiger partial charge in [0.1, 0.15) is 23.7 Å². The summed E-state index contributed by atoms with van der Waals surface area (Å²) in [5, 5.41) is 12.4. The zero-order valence-corrected chi connectivity index (χ0v) is 30.3. The lowest BCUT2D eigenvalue weighted by Gasteiger charge is -2.27. The number of ether oxygens (including phenoxy) is 1. The van der Waals surface area contributed by atoms with E-state index in [0.29, 0.717) is 6.42 Å². The second-order valence-corrected chi connectivity index (χ2v) is 14.1. The van der Waals surface area contributed by atoms with Crippen LogP contribution in [0.1, 0.15) is 43.9 Å². The van der Waals surface area contributed by atoms with E-state index in [2.05, 4.69) is 26.0 Å². The number of nitrogens with zero attached hydrogens (tertiary/aromatic N) is 3. The Bertz CT molecular complexity index is 1890. The molecular formula is C42H46N6O5. The number of carbonyl (C=O) groups is 4. The lowest BCUT2D eigenvalue weighted by Crippen LogP contribution is -2.58. The molecule has 4 aromatic carbocycles. The summed E-state index contributed by atoms with van der Waals surface area (Å²) in [4.78, 5) is 58.3. The van der Waals surface area contributed by atoms with Crippen molar-refractivity contribution in [2.24, 2.45) is 11.0 Å².